The van der Waals surface area contributed by atoms with Crippen LogP contribution in [0, 0.1) is 6.92 Å². The highest BCUT2D eigenvalue weighted by atomic mass is 16.1. The van der Waals surface area contributed by atoms with Gasteiger partial charge in [0, 0.05) is 13.0 Å². The number of anilines is 2. The number of rotatable bonds is 2. The number of benzene rings is 1. The van der Waals surface area contributed by atoms with E-state index in [9.17, 15) is 4.79 Å². The van der Waals surface area contributed by atoms with Crippen molar-refractivity contribution in [1.82, 2.24) is 5.32 Å². The predicted molar refractivity (Wildman–Crippen MR) is 60.6 cm³/mol. The van der Waals surface area contributed by atoms with Gasteiger partial charge in [-0.15, -0.1) is 0 Å². The van der Waals surface area contributed by atoms with Crippen LogP contribution >= 0.6 is 0 Å². The van der Waals surface area contributed by atoms with E-state index in [1.54, 1.807) is 0 Å². The second kappa shape index (κ2) is 3.81. The number of amides is 1. The first-order chi connectivity index (χ1) is 7.16. The highest BCUT2D eigenvalue weighted by Crippen LogP contribution is 2.23. The van der Waals surface area contributed by atoms with Crippen molar-refractivity contribution in [1.29, 1.82) is 0 Å². The van der Waals surface area contributed by atoms with Crippen LogP contribution in [0.25, 0.3) is 0 Å². The summed E-state index contributed by atoms with van der Waals surface area (Å²) < 4.78 is 0. The molecule has 4 nitrogen and oxygen atoms in total. The molecule has 4 N–H and O–H groups in total. The number of nitrogens with two attached hydrogens (primary N) is 1. The maximum Gasteiger partial charge on any atom is 0.222 e. The van der Waals surface area contributed by atoms with Gasteiger partial charge in [0.15, 0.2) is 0 Å². The number of hydrogen-bond donors (Lipinski definition) is 3. The Bertz CT molecular complexity index is 389. The standard InChI is InChI=1S/C11H15N3O/c1-7-3-2-4-9(11(7)12)14-8-5-10(15)13-6-8/h2-4,8,14H,5-6,12H2,1H3,(H,13,15). The Morgan fingerprint density at radius 1 is 1.53 bits per heavy atom. The van der Waals surface area contributed by atoms with E-state index in [0.717, 1.165) is 16.9 Å². The molecule has 1 amide bonds. The van der Waals surface area contributed by atoms with Gasteiger partial charge >= 0.3 is 0 Å². The second-order valence-electron chi connectivity index (χ2n) is 3.89. The molecule has 0 spiro atoms. The third kappa shape index (κ3) is 2.03. The Labute approximate surface area is 88.9 Å². The molecule has 1 atom stereocenters. The summed E-state index contributed by atoms with van der Waals surface area (Å²) in [7, 11) is 0. The molecule has 15 heavy (non-hydrogen) atoms. The van der Waals surface area contributed by atoms with Gasteiger partial charge in [-0.05, 0) is 18.6 Å². The minimum absolute atomic E-state index is 0.0960. The molecule has 4 heteroatoms. The predicted octanol–water partition coefficient (Wildman–Crippen LogP) is 0.878. The van der Waals surface area contributed by atoms with Gasteiger partial charge in [0.25, 0.3) is 0 Å². The van der Waals surface area contributed by atoms with Gasteiger partial charge in [0.05, 0.1) is 17.4 Å². The van der Waals surface area contributed by atoms with Crippen LogP contribution in [-0.4, -0.2) is 18.5 Å². The summed E-state index contributed by atoms with van der Waals surface area (Å²) in [5, 5.41) is 6.05. The normalized spacial score (nSPS) is 20.1. The molecule has 1 aliphatic heterocycles. The molecule has 1 saturated heterocycles. The van der Waals surface area contributed by atoms with Crippen LogP contribution in [0.3, 0.4) is 0 Å². The lowest BCUT2D eigenvalue weighted by Crippen LogP contribution is -2.22. The van der Waals surface area contributed by atoms with Gasteiger partial charge in [0.1, 0.15) is 0 Å². The van der Waals surface area contributed by atoms with E-state index in [0.29, 0.717) is 13.0 Å². The molecule has 0 bridgehead atoms. The summed E-state index contributed by atoms with van der Waals surface area (Å²) in [6, 6.07) is 6.02. The highest BCUT2D eigenvalue weighted by molar-refractivity contribution is 5.80. The fourth-order valence-electron chi connectivity index (χ4n) is 1.73. The van der Waals surface area contributed by atoms with E-state index < -0.39 is 0 Å². The lowest BCUT2D eigenvalue weighted by molar-refractivity contribution is -0.119. The van der Waals surface area contributed by atoms with Crippen molar-refractivity contribution in [2.24, 2.45) is 0 Å². The summed E-state index contributed by atoms with van der Waals surface area (Å²) >= 11 is 0. The zero-order valence-corrected chi connectivity index (χ0v) is 8.71. The summed E-state index contributed by atoms with van der Waals surface area (Å²) in [5.74, 6) is 0.0960. The quantitative estimate of drug-likeness (QED) is 0.628. The lowest BCUT2D eigenvalue weighted by atomic mass is 10.1. The maximum atomic E-state index is 11.0. The molecule has 0 saturated carbocycles. The lowest BCUT2D eigenvalue weighted by Gasteiger charge is -2.15. The van der Waals surface area contributed by atoms with E-state index in [-0.39, 0.29) is 11.9 Å². The number of para-hydroxylation sites is 1. The molecule has 1 unspecified atom stereocenters. The van der Waals surface area contributed by atoms with Gasteiger partial charge in [-0.3, -0.25) is 4.79 Å². The molecule has 80 valence electrons. The van der Waals surface area contributed by atoms with Gasteiger partial charge in [-0.25, -0.2) is 0 Å². The highest BCUT2D eigenvalue weighted by Gasteiger charge is 2.21. The first-order valence-corrected chi connectivity index (χ1v) is 5.05. The van der Waals surface area contributed by atoms with Crippen molar-refractivity contribution in [3.05, 3.63) is 23.8 Å². The first kappa shape index (κ1) is 9.83. The SMILES string of the molecule is Cc1cccc(NC2CNC(=O)C2)c1N. The Kier molecular flexibility index (Phi) is 2.49. The number of carbonyl (C=O) groups is 1. The molecule has 0 aromatic heterocycles. The van der Waals surface area contributed by atoms with Crippen molar-refractivity contribution in [3.8, 4) is 0 Å². The number of hydrogen-bond acceptors (Lipinski definition) is 3. The molecule has 1 fully saturated rings. The van der Waals surface area contributed by atoms with E-state index in [2.05, 4.69) is 10.6 Å². The van der Waals surface area contributed by atoms with E-state index in [1.165, 1.54) is 0 Å². The summed E-state index contributed by atoms with van der Waals surface area (Å²) in [4.78, 5) is 11.0. The Hall–Kier alpha value is -1.71. The van der Waals surface area contributed by atoms with Crippen LogP contribution in [0.4, 0.5) is 11.4 Å². The van der Waals surface area contributed by atoms with Crippen molar-refractivity contribution in [2.45, 2.75) is 19.4 Å². The van der Waals surface area contributed by atoms with E-state index in [4.69, 9.17) is 5.73 Å². The van der Waals surface area contributed by atoms with Gasteiger partial charge in [-0.1, -0.05) is 12.1 Å². The maximum absolute atomic E-state index is 11.0. The Morgan fingerprint density at radius 3 is 3.00 bits per heavy atom. The monoisotopic (exact) mass is 205 g/mol. The zero-order valence-electron chi connectivity index (χ0n) is 8.71. The fraction of sp³-hybridized carbons (Fsp3) is 0.364. The molecule has 1 aromatic carbocycles. The van der Waals surface area contributed by atoms with Crippen LogP contribution < -0.4 is 16.4 Å². The summed E-state index contributed by atoms with van der Waals surface area (Å²) in [6.07, 6.45) is 0.521. The third-order valence-electron chi connectivity index (χ3n) is 2.66. The number of nitrogen functional groups attached to an aromatic ring is 1. The molecule has 1 aliphatic rings. The van der Waals surface area contributed by atoms with Crippen molar-refractivity contribution in [3.63, 3.8) is 0 Å². The molecular formula is C11H15N3O. The van der Waals surface area contributed by atoms with Crippen molar-refractivity contribution < 1.29 is 4.79 Å². The van der Waals surface area contributed by atoms with Gasteiger partial charge < -0.3 is 16.4 Å². The van der Waals surface area contributed by atoms with Crippen molar-refractivity contribution in [2.75, 3.05) is 17.6 Å². The number of nitrogens with one attached hydrogen (secondary N) is 2. The van der Waals surface area contributed by atoms with Gasteiger partial charge in [0.2, 0.25) is 5.91 Å². The average Bonchev–Trinajstić information content (AvgIpc) is 2.59. The number of aryl methyl sites for hydroxylation is 1. The van der Waals surface area contributed by atoms with Crippen LogP contribution in [0.1, 0.15) is 12.0 Å². The van der Waals surface area contributed by atoms with E-state index >= 15 is 0 Å². The minimum atomic E-state index is 0.0960. The smallest absolute Gasteiger partial charge is 0.222 e. The summed E-state index contributed by atoms with van der Waals surface area (Å²) in [6.45, 7) is 2.64. The third-order valence-corrected chi connectivity index (χ3v) is 2.66. The molecular weight excluding hydrogens is 190 g/mol. The van der Waals surface area contributed by atoms with Crippen molar-refractivity contribution >= 4 is 17.3 Å². The summed E-state index contributed by atoms with van der Waals surface area (Å²) in [5.41, 5.74) is 8.65. The Balaban J connectivity index is 2.11. The molecule has 0 aliphatic carbocycles. The van der Waals surface area contributed by atoms with Crippen LogP contribution in [-0.2, 0) is 4.79 Å². The Morgan fingerprint density at radius 2 is 2.33 bits per heavy atom. The van der Waals surface area contributed by atoms with E-state index in [1.807, 2.05) is 25.1 Å². The van der Waals surface area contributed by atoms with Crippen LogP contribution in [0.2, 0.25) is 0 Å². The minimum Gasteiger partial charge on any atom is -0.397 e. The molecule has 2 rings (SSSR count). The van der Waals surface area contributed by atoms with Gasteiger partial charge in [-0.2, -0.15) is 0 Å². The molecule has 1 aromatic rings. The average molecular weight is 205 g/mol. The molecule has 1 heterocycles. The fourth-order valence-corrected chi connectivity index (χ4v) is 1.73. The topological polar surface area (TPSA) is 67.1 Å². The second-order valence-corrected chi connectivity index (χ2v) is 3.89. The first-order valence-electron chi connectivity index (χ1n) is 5.05. The number of carbonyl (C=O) groups excluding carboxylic acids is 1. The van der Waals surface area contributed by atoms with Crippen LogP contribution in [0.5, 0.6) is 0 Å². The largest absolute Gasteiger partial charge is 0.397 e. The molecule has 0 radical (unpaired) electrons. The van der Waals surface area contributed by atoms with Crippen LogP contribution in [0.15, 0.2) is 18.2 Å². The zero-order chi connectivity index (χ0) is 10.8.